The Bertz CT molecular complexity index is 1170. The van der Waals surface area contributed by atoms with E-state index >= 15 is 0 Å². The maximum Gasteiger partial charge on any atom is 0.300 e. The van der Waals surface area contributed by atoms with Crippen LogP contribution in [0.4, 0.5) is 5.69 Å². The molecule has 1 amide bonds. The van der Waals surface area contributed by atoms with Crippen LogP contribution >= 0.6 is 15.9 Å². The van der Waals surface area contributed by atoms with Crippen molar-refractivity contribution in [3.8, 4) is 0 Å². The molecule has 3 nitrogen and oxygen atoms in total. The highest BCUT2D eigenvalue weighted by Gasteiger charge is 2.52. The van der Waals surface area contributed by atoms with Gasteiger partial charge in [0.25, 0.3) is 5.78 Å². The Morgan fingerprint density at radius 3 is 1.48 bits per heavy atom. The largest absolute Gasteiger partial charge is 0.300 e. The van der Waals surface area contributed by atoms with Gasteiger partial charge in [0.05, 0.1) is 11.3 Å². The number of fused-ring (bicyclic) bond motifs is 1. The lowest BCUT2D eigenvalue weighted by Crippen LogP contribution is -2.51. The summed E-state index contributed by atoms with van der Waals surface area (Å²) in [7, 11) is 0. The fraction of sp³-hybridized carbons (Fsp3) is 0.0370. The van der Waals surface area contributed by atoms with E-state index in [0.717, 1.165) is 16.7 Å². The molecule has 0 radical (unpaired) electrons. The monoisotopic (exact) mass is 467 g/mol. The van der Waals surface area contributed by atoms with Gasteiger partial charge in [-0.15, -0.1) is 0 Å². The van der Waals surface area contributed by atoms with Gasteiger partial charge in [-0.25, -0.2) is 0 Å². The van der Waals surface area contributed by atoms with E-state index in [1.54, 1.807) is 11.0 Å². The van der Waals surface area contributed by atoms with Crippen molar-refractivity contribution in [1.29, 1.82) is 0 Å². The molecule has 0 aliphatic carbocycles. The third-order valence-corrected chi connectivity index (χ3v) is 6.43. The molecule has 0 fully saturated rings. The van der Waals surface area contributed by atoms with Gasteiger partial charge in [0.15, 0.2) is 0 Å². The second-order valence-corrected chi connectivity index (χ2v) is 8.27. The van der Waals surface area contributed by atoms with E-state index in [0.29, 0.717) is 15.7 Å². The van der Waals surface area contributed by atoms with Crippen molar-refractivity contribution in [1.82, 2.24) is 0 Å². The van der Waals surface area contributed by atoms with E-state index < -0.39 is 17.2 Å². The van der Waals surface area contributed by atoms with Gasteiger partial charge >= 0.3 is 5.91 Å². The van der Waals surface area contributed by atoms with Gasteiger partial charge in [-0.3, -0.25) is 14.5 Å². The minimum Gasteiger partial charge on any atom is -0.286 e. The normalized spacial score (nSPS) is 13.4. The molecule has 4 heteroatoms. The fourth-order valence-corrected chi connectivity index (χ4v) is 5.04. The molecule has 0 saturated heterocycles. The molecule has 4 aromatic rings. The summed E-state index contributed by atoms with van der Waals surface area (Å²) in [4.78, 5) is 28.4. The highest BCUT2D eigenvalue weighted by atomic mass is 79.9. The zero-order valence-corrected chi connectivity index (χ0v) is 18.1. The summed E-state index contributed by atoms with van der Waals surface area (Å²) in [6, 6.07) is 35.1. The first kappa shape index (κ1) is 19.5. The Morgan fingerprint density at radius 1 is 0.581 bits per heavy atom. The lowest BCUT2D eigenvalue weighted by atomic mass is 9.75. The predicted molar refractivity (Wildman–Crippen MR) is 125 cm³/mol. The highest BCUT2D eigenvalue weighted by Crippen LogP contribution is 2.49. The Kier molecular flexibility index (Phi) is 4.79. The van der Waals surface area contributed by atoms with Crippen LogP contribution in [0.5, 0.6) is 0 Å². The number of Topliss-reactive ketones (excluding diaryl/α,β-unsaturated/α-hetero) is 1. The summed E-state index contributed by atoms with van der Waals surface area (Å²) in [5, 5.41) is 0. The molecule has 0 saturated carbocycles. The van der Waals surface area contributed by atoms with E-state index in [1.165, 1.54) is 0 Å². The lowest BCUT2D eigenvalue weighted by Gasteiger charge is -2.43. The first-order valence-corrected chi connectivity index (χ1v) is 10.8. The molecule has 1 aliphatic heterocycles. The van der Waals surface area contributed by atoms with Crippen molar-refractivity contribution in [3.63, 3.8) is 0 Å². The Balaban J connectivity index is 1.94. The molecular weight excluding hydrogens is 450 g/mol. The number of hydrogen-bond acceptors (Lipinski definition) is 2. The van der Waals surface area contributed by atoms with Gasteiger partial charge < -0.3 is 0 Å². The maximum atomic E-state index is 13.6. The predicted octanol–water partition coefficient (Wildman–Crippen LogP) is 5.97. The molecule has 1 heterocycles. The van der Waals surface area contributed by atoms with Crippen LogP contribution in [-0.2, 0) is 10.3 Å². The molecule has 1 aliphatic rings. The van der Waals surface area contributed by atoms with E-state index in [-0.39, 0.29) is 0 Å². The maximum absolute atomic E-state index is 13.6. The second-order valence-electron chi connectivity index (χ2n) is 7.41. The Hall–Kier alpha value is -3.50. The standard InChI is InChI=1S/C27H18BrNO2/c28-22-17-10-18-23-24(22)25(30)26(31)29(23)27(19-11-4-1-5-12-19,20-13-6-2-7-14-20)21-15-8-3-9-16-21/h1-18H. The van der Waals surface area contributed by atoms with Gasteiger partial charge in [0.2, 0.25) is 0 Å². The fourth-order valence-electron chi connectivity index (χ4n) is 4.50. The van der Waals surface area contributed by atoms with Crippen LogP contribution in [0.1, 0.15) is 27.0 Å². The zero-order valence-electron chi connectivity index (χ0n) is 16.5. The average molecular weight is 468 g/mol. The van der Waals surface area contributed by atoms with Crippen LogP contribution in [0.15, 0.2) is 114 Å². The topological polar surface area (TPSA) is 37.4 Å². The molecule has 150 valence electrons. The number of carbonyl (C=O) groups excluding carboxylic acids is 2. The van der Waals surface area contributed by atoms with Gasteiger partial charge in [-0.05, 0) is 44.8 Å². The zero-order chi connectivity index (χ0) is 21.4. The van der Waals surface area contributed by atoms with E-state index in [2.05, 4.69) is 15.9 Å². The molecule has 0 unspecified atom stereocenters. The number of benzene rings is 4. The Labute approximate surface area is 189 Å². The van der Waals surface area contributed by atoms with Gasteiger partial charge in [0.1, 0.15) is 5.54 Å². The number of ketones is 1. The van der Waals surface area contributed by atoms with Crippen LogP contribution in [0.2, 0.25) is 0 Å². The summed E-state index contributed by atoms with van der Waals surface area (Å²) in [6.45, 7) is 0. The van der Waals surface area contributed by atoms with Crippen LogP contribution in [0.3, 0.4) is 0 Å². The van der Waals surface area contributed by atoms with Crippen molar-refractivity contribution in [2.75, 3.05) is 4.90 Å². The SMILES string of the molecule is O=C1C(=O)N(C(c2ccccc2)(c2ccccc2)c2ccccc2)c2cccc(Br)c21. The number of nitrogens with zero attached hydrogens (tertiary/aromatic N) is 1. The first-order valence-electron chi connectivity index (χ1n) is 9.99. The summed E-state index contributed by atoms with van der Waals surface area (Å²) < 4.78 is 0.619. The van der Waals surface area contributed by atoms with Gasteiger partial charge in [-0.1, -0.05) is 97.1 Å². The second kappa shape index (κ2) is 7.64. The third kappa shape index (κ3) is 2.87. The molecule has 5 rings (SSSR count). The van der Waals surface area contributed by atoms with Gasteiger partial charge in [-0.2, -0.15) is 0 Å². The average Bonchev–Trinajstić information content (AvgIpc) is 3.08. The Morgan fingerprint density at radius 2 is 1.03 bits per heavy atom. The summed E-state index contributed by atoms with van der Waals surface area (Å²) in [6.07, 6.45) is 0. The van der Waals surface area contributed by atoms with Crippen LogP contribution in [-0.4, -0.2) is 11.7 Å². The van der Waals surface area contributed by atoms with Crippen molar-refractivity contribution in [3.05, 3.63) is 136 Å². The highest BCUT2D eigenvalue weighted by molar-refractivity contribution is 9.10. The minimum atomic E-state index is -1.01. The van der Waals surface area contributed by atoms with Crippen molar-refractivity contribution >= 4 is 33.3 Å². The molecule has 31 heavy (non-hydrogen) atoms. The van der Waals surface area contributed by atoms with Crippen LogP contribution < -0.4 is 4.90 Å². The summed E-state index contributed by atoms with van der Waals surface area (Å²) in [5.74, 6) is -1.05. The smallest absolute Gasteiger partial charge is 0.286 e. The number of hydrogen-bond donors (Lipinski definition) is 0. The number of amides is 1. The molecular formula is C27H18BrNO2. The molecule has 0 bridgehead atoms. The number of rotatable bonds is 4. The van der Waals surface area contributed by atoms with E-state index in [1.807, 2.05) is 103 Å². The molecule has 0 spiro atoms. The van der Waals surface area contributed by atoms with Crippen molar-refractivity contribution in [2.24, 2.45) is 0 Å². The van der Waals surface area contributed by atoms with Crippen molar-refractivity contribution < 1.29 is 9.59 Å². The number of halogens is 1. The molecule has 0 atom stereocenters. The van der Waals surface area contributed by atoms with E-state index in [4.69, 9.17) is 0 Å². The lowest BCUT2D eigenvalue weighted by molar-refractivity contribution is -0.115. The minimum absolute atomic E-state index is 0.402. The molecule has 4 aromatic carbocycles. The van der Waals surface area contributed by atoms with Crippen LogP contribution in [0.25, 0.3) is 0 Å². The molecule has 0 aromatic heterocycles. The summed E-state index contributed by atoms with van der Waals surface area (Å²) in [5.41, 5.74) is 2.70. The number of anilines is 1. The quantitative estimate of drug-likeness (QED) is 0.273. The van der Waals surface area contributed by atoms with Crippen molar-refractivity contribution in [2.45, 2.75) is 5.54 Å². The summed E-state index contributed by atoms with van der Waals surface area (Å²) >= 11 is 3.48. The third-order valence-electron chi connectivity index (χ3n) is 5.77. The first-order chi connectivity index (χ1) is 15.2. The molecule has 0 N–H and O–H groups in total. The van der Waals surface area contributed by atoms with Gasteiger partial charge in [0, 0.05) is 4.47 Å². The van der Waals surface area contributed by atoms with E-state index in [9.17, 15) is 9.59 Å². The van der Waals surface area contributed by atoms with Crippen LogP contribution in [0, 0.1) is 0 Å². The number of carbonyl (C=O) groups is 2.